The molecule has 1 aromatic heterocycles. The zero-order valence-corrected chi connectivity index (χ0v) is 21.4. The van der Waals surface area contributed by atoms with E-state index in [0.29, 0.717) is 0 Å². The average Bonchev–Trinajstić information content (AvgIpc) is 3.04. The molecular weight excluding hydrogens is 405 g/mol. The van der Waals surface area contributed by atoms with E-state index in [9.17, 15) is 0 Å². The molecule has 0 fully saturated rings. The predicted molar refractivity (Wildman–Crippen MR) is 143 cm³/mol. The van der Waals surface area contributed by atoms with Crippen LogP contribution in [0.3, 0.4) is 0 Å². The van der Waals surface area contributed by atoms with E-state index in [2.05, 4.69) is 104 Å². The molecule has 0 spiro atoms. The number of aromatic nitrogens is 1. The molecule has 0 aliphatic heterocycles. The molecule has 4 aromatic rings. The molecule has 32 heavy (non-hydrogen) atoms. The van der Waals surface area contributed by atoms with Gasteiger partial charge < -0.3 is 0 Å². The lowest BCUT2D eigenvalue weighted by atomic mass is 9.34. The summed E-state index contributed by atoms with van der Waals surface area (Å²) >= 11 is 1.78. The molecule has 0 bridgehead atoms. The van der Waals surface area contributed by atoms with Gasteiger partial charge in [-0.1, -0.05) is 98.3 Å². The molecular formula is C29H32BNS. The van der Waals surface area contributed by atoms with Crippen LogP contribution in [-0.2, 0) is 0 Å². The van der Waals surface area contributed by atoms with Gasteiger partial charge in [0.05, 0.1) is 5.69 Å². The topological polar surface area (TPSA) is 12.9 Å². The number of rotatable bonds is 4. The van der Waals surface area contributed by atoms with Gasteiger partial charge in [-0.3, -0.25) is 0 Å². The molecule has 3 heteroatoms. The molecule has 0 radical (unpaired) electrons. The Morgan fingerprint density at radius 1 is 0.656 bits per heavy atom. The Hall–Kier alpha value is -2.65. The number of thiazole rings is 1. The highest BCUT2D eigenvalue weighted by molar-refractivity contribution is 7.15. The SMILES string of the molecule is Cc1cc(C)c(B(c2cccc(-c3nc(C)c(C)s3)c2)c2c(C)cc(C)cc2C)c(C)c1. The summed E-state index contributed by atoms with van der Waals surface area (Å²) in [5.74, 6) is 0. The Kier molecular flexibility index (Phi) is 6.14. The van der Waals surface area contributed by atoms with Gasteiger partial charge >= 0.3 is 0 Å². The Morgan fingerprint density at radius 3 is 1.59 bits per heavy atom. The quantitative estimate of drug-likeness (QED) is 0.368. The van der Waals surface area contributed by atoms with Crippen LogP contribution in [-0.4, -0.2) is 11.7 Å². The summed E-state index contributed by atoms with van der Waals surface area (Å²) in [4.78, 5) is 6.13. The number of hydrogen-bond donors (Lipinski definition) is 0. The Bertz CT molecular complexity index is 1190. The molecule has 0 saturated heterocycles. The maximum Gasteiger partial charge on any atom is 0.242 e. The van der Waals surface area contributed by atoms with Crippen molar-refractivity contribution in [3.8, 4) is 10.6 Å². The van der Waals surface area contributed by atoms with Gasteiger partial charge in [0.25, 0.3) is 0 Å². The van der Waals surface area contributed by atoms with Crippen molar-refractivity contribution in [1.29, 1.82) is 0 Å². The molecule has 0 saturated carbocycles. The number of nitrogens with zero attached hydrogens (tertiary/aromatic N) is 1. The molecule has 0 atom stereocenters. The maximum atomic E-state index is 4.84. The van der Waals surface area contributed by atoms with Crippen LogP contribution in [0.15, 0.2) is 48.5 Å². The normalized spacial score (nSPS) is 11.1. The van der Waals surface area contributed by atoms with E-state index in [0.717, 1.165) is 10.7 Å². The zero-order chi connectivity index (χ0) is 23.2. The van der Waals surface area contributed by atoms with Crippen LogP contribution >= 0.6 is 11.3 Å². The average molecular weight is 437 g/mol. The van der Waals surface area contributed by atoms with E-state index in [1.807, 2.05) is 0 Å². The van der Waals surface area contributed by atoms with Crippen molar-refractivity contribution in [3.63, 3.8) is 0 Å². The van der Waals surface area contributed by atoms with E-state index >= 15 is 0 Å². The van der Waals surface area contributed by atoms with Crippen molar-refractivity contribution in [2.75, 3.05) is 0 Å². The van der Waals surface area contributed by atoms with Gasteiger partial charge in [0.2, 0.25) is 6.71 Å². The molecule has 4 rings (SSSR count). The molecule has 0 aliphatic rings. The van der Waals surface area contributed by atoms with Crippen molar-refractivity contribution in [1.82, 2.24) is 4.98 Å². The molecule has 3 aromatic carbocycles. The molecule has 0 N–H and O–H groups in total. The van der Waals surface area contributed by atoms with Gasteiger partial charge in [-0.15, -0.1) is 11.3 Å². The van der Waals surface area contributed by atoms with Crippen molar-refractivity contribution < 1.29 is 0 Å². The summed E-state index contributed by atoms with van der Waals surface area (Å²) in [6.07, 6.45) is 0. The van der Waals surface area contributed by atoms with Gasteiger partial charge in [-0.2, -0.15) is 0 Å². The van der Waals surface area contributed by atoms with E-state index in [4.69, 9.17) is 4.98 Å². The number of aryl methyl sites for hydroxylation is 8. The second kappa shape index (κ2) is 8.71. The Morgan fingerprint density at radius 2 is 1.16 bits per heavy atom. The molecule has 0 amide bonds. The van der Waals surface area contributed by atoms with Crippen molar-refractivity contribution in [3.05, 3.63) is 92.5 Å². The summed E-state index contributed by atoms with van der Waals surface area (Å²) < 4.78 is 0. The van der Waals surface area contributed by atoms with Crippen LogP contribution in [0.4, 0.5) is 0 Å². The summed E-state index contributed by atoms with van der Waals surface area (Å²) in [5.41, 5.74) is 14.6. The molecule has 1 heterocycles. The van der Waals surface area contributed by atoms with Crippen molar-refractivity contribution in [2.45, 2.75) is 55.4 Å². The third-order valence-corrected chi connectivity index (χ3v) is 7.67. The standard InChI is InChI=1S/C29H32BNS/c1-17-12-19(3)27(20(4)13-17)30(28-21(5)14-18(2)15-22(28)6)26-11-9-10-25(16-26)29-31-23(7)24(8)32-29/h9-16H,1-8H3. The lowest BCUT2D eigenvalue weighted by molar-refractivity contribution is 1.23. The highest BCUT2D eigenvalue weighted by Gasteiger charge is 2.28. The summed E-state index contributed by atoms with van der Waals surface area (Å²) in [5, 5.41) is 1.11. The lowest BCUT2D eigenvalue weighted by Crippen LogP contribution is -2.55. The fraction of sp³-hybridized carbons (Fsp3) is 0.276. The largest absolute Gasteiger partial charge is 0.242 e. The molecule has 0 aliphatic carbocycles. The van der Waals surface area contributed by atoms with Gasteiger partial charge in [-0.05, 0) is 55.4 Å². The van der Waals surface area contributed by atoms with Crippen molar-refractivity contribution in [2.24, 2.45) is 0 Å². The Labute approximate surface area is 197 Å². The molecule has 0 unspecified atom stereocenters. The van der Waals surface area contributed by atoms with Crippen LogP contribution < -0.4 is 16.4 Å². The fourth-order valence-corrected chi connectivity index (χ4v) is 6.13. The summed E-state index contributed by atoms with van der Waals surface area (Å²) in [6.45, 7) is 17.9. The highest BCUT2D eigenvalue weighted by atomic mass is 32.1. The monoisotopic (exact) mass is 437 g/mol. The van der Waals surface area contributed by atoms with Crippen LogP contribution in [0.2, 0.25) is 0 Å². The minimum Gasteiger partial charge on any atom is -0.241 e. The van der Waals surface area contributed by atoms with Gasteiger partial charge in [0.15, 0.2) is 0 Å². The first kappa shape index (κ1) is 22.5. The predicted octanol–water partition coefficient (Wildman–Crippen LogP) is 5.79. The molecule has 162 valence electrons. The van der Waals surface area contributed by atoms with E-state index in [1.165, 1.54) is 60.2 Å². The number of benzene rings is 3. The summed E-state index contributed by atoms with van der Waals surface area (Å²) in [7, 11) is 0. The van der Waals surface area contributed by atoms with Gasteiger partial charge in [0.1, 0.15) is 5.01 Å². The van der Waals surface area contributed by atoms with Gasteiger partial charge in [0, 0.05) is 10.4 Å². The smallest absolute Gasteiger partial charge is 0.241 e. The lowest BCUT2D eigenvalue weighted by Gasteiger charge is -2.25. The third-order valence-electron chi connectivity index (χ3n) is 6.55. The minimum atomic E-state index is 0.193. The maximum absolute atomic E-state index is 4.84. The first-order valence-electron chi connectivity index (χ1n) is 11.4. The fourth-order valence-electron chi connectivity index (χ4n) is 5.22. The first-order chi connectivity index (χ1) is 15.2. The van der Waals surface area contributed by atoms with Crippen LogP contribution in [0, 0.1) is 55.4 Å². The van der Waals surface area contributed by atoms with Crippen LogP contribution in [0.1, 0.15) is 44.0 Å². The highest BCUT2D eigenvalue weighted by Crippen LogP contribution is 2.26. The van der Waals surface area contributed by atoms with E-state index < -0.39 is 0 Å². The second-order valence-electron chi connectivity index (χ2n) is 9.34. The van der Waals surface area contributed by atoms with Crippen molar-refractivity contribution >= 4 is 34.4 Å². The van der Waals surface area contributed by atoms with E-state index in [1.54, 1.807) is 11.3 Å². The first-order valence-corrected chi connectivity index (χ1v) is 12.2. The minimum absolute atomic E-state index is 0.193. The third kappa shape index (κ3) is 4.19. The van der Waals surface area contributed by atoms with Gasteiger partial charge in [-0.25, -0.2) is 4.98 Å². The van der Waals surface area contributed by atoms with Crippen LogP contribution in [0.5, 0.6) is 0 Å². The molecule has 1 nitrogen and oxygen atoms in total. The van der Waals surface area contributed by atoms with Crippen LogP contribution in [0.25, 0.3) is 10.6 Å². The number of hydrogen-bond acceptors (Lipinski definition) is 2. The zero-order valence-electron chi connectivity index (χ0n) is 20.6. The second-order valence-corrected chi connectivity index (χ2v) is 10.5. The summed E-state index contributed by atoms with van der Waals surface area (Å²) in [6, 6.07) is 18.3. The Balaban J connectivity index is 1.99. The van der Waals surface area contributed by atoms with E-state index in [-0.39, 0.29) is 6.71 Å².